The molecule has 2 unspecified atom stereocenters. The lowest BCUT2D eigenvalue weighted by atomic mass is 10.0. The van der Waals surface area contributed by atoms with Crippen molar-refractivity contribution in [2.45, 2.75) is 39.3 Å². The van der Waals surface area contributed by atoms with Crippen molar-refractivity contribution in [3.05, 3.63) is 0 Å². The molecule has 1 heterocycles. The Morgan fingerprint density at radius 3 is 2.62 bits per heavy atom. The Balaban J connectivity index is 2.66. The van der Waals surface area contributed by atoms with Crippen LogP contribution in [0.1, 0.15) is 27.2 Å². The van der Waals surface area contributed by atoms with E-state index in [1.807, 2.05) is 13.8 Å². The number of carboxylic acids is 1. The topological polar surface area (TPSA) is 69.6 Å². The Hall–Kier alpha value is -1.10. The summed E-state index contributed by atoms with van der Waals surface area (Å²) in [4.78, 5) is 24.5. The fourth-order valence-electron chi connectivity index (χ4n) is 2.01. The number of carbonyl (C=O) groups is 2. The van der Waals surface area contributed by atoms with E-state index in [4.69, 9.17) is 5.11 Å². The molecular formula is C11H20N2O3. The van der Waals surface area contributed by atoms with Crippen LogP contribution < -0.4 is 5.32 Å². The van der Waals surface area contributed by atoms with Crippen LogP contribution in [-0.4, -0.2) is 47.1 Å². The first-order valence-electron chi connectivity index (χ1n) is 5.69. The van der Waals surface area contributed by atoms with Crippen molar-refractivity contribution < 1.29 is 14.7 Å². The summed E-state index contributed by atoms with van der Waals surface area (Å²) in [6.07, 6.45) is 0.483. The molecule has 92 valence electrons. The van der Waals surface area contributed by atoms with Gasteiger partial charge < -0.3 is 15.3 Å². The average Bonchev–Trinajstić information content (AvgIpc) is 2.16. The molecule has 1 aliphatic heterocycles. The molecule has 5 nitrogen and oxygen atoms in total. The zero-order valence-electron chi connectivity index (χ0n) is 10.1. The van der Waals surface area contributed by atoms with Crippen molar-refractivity contribution >= 4 is 11.9 Å². The van der Waals surface area contributed by atoms with E-state index in [9.17, 15) is 9.59 Å². The summed E-state index contributed by atoms with van der Waals surface area (Å²) in [5.74, 6) is -0.539. The summed E-state index contributed by atoms with van der Waals surface area (Å²) in [7, 11) is 0. The van der Waals surface area contributed by atoms with Gasteiger partial charge in [0, 0.05) is 19.5 Å². The standard InChI is InChI=1S/C11H20N2O3/c1-7(2)6-9(14)13-5-4-12-10(8(13)3)11(15)16/h7-8,10,12H,4-6H2,1-3H3,(H,15,16). The van der Waals surface area contributed by atoms with Gasteiger partial charge in [-0.15, -0.1) is 0 Å². The highest BCUT2D eigenvalue weighted by Gasteiger charge is 2.34. The van der Waals surface area contributed by atoms with Gasteiger partial charge in [-0.2, -0.15) is 0 Å². The number of carbonyl (C=O) groups excluding carboxylic acids is 1. The number of amides is 1. The predicted octanol–water partition coefficient (Wildman–Crippen LogP) is 0.306. The Kier molecular flexibility index (Phi) is 4.29. The number of nitrogens with zero attached hydrogens (tertiary/aromatic N) is 1. The average molecular weight is 228 g/mol. The smallest absolute Gasteiger partial charge is 0.322 e. The van der Waals surface area contributed by atoms with Crippen molar-refractivity contribution in [3.8, 4) is 0 Å². The number of nitrogens with one attached hydrogen (secondary N) is 1. The number of aliphatic carboxylic acids is 1. The van der Waals surface area contributed by atoms with Gasteiger partial charge in [-0.05, 0) is 12.8 Å². The lowest BCUT2D eigenvalue weighted by molar-refractivity contribution is -0.145. The van der Waals surface area contributed by atoms with Crippen LogP contribution >= 0.6 is 0 Å². The Labute approximate surface area is 95.8 Å². The second-order valence-electron chi connectivity index (χ2n) is 4.70. The molecule has 1 amide bonds. The molecule has 0 aromatic rings. The largest absolute Gasteiger partial charge is 0.480 e. The minimum Gasteiger partial charge on any atom is -0.480 e. The first kappa shape index (κ1) is 13.0. The van der Waals surface area contributed by atoms with E-state index in [1.165, 1.54) is 0 Å². The third-order valence-electron chi connectivity index (χ3n) is 2.86. The molecule has 2 atom stereocenters. The van der Waals surface area contributed by atoms with E-state index >= 15 is 0 Å². The van der Waals surface area contributed by atoms with Crippen LogP contribution in [0.5, 0.6) is 0 Å². The third-order valence-corrected chi connectivity index (χ3v) is 2.86. The molecule has 0 saturated carbocycles. The van der Waals surface area contributed by atoms with Crippen LogP contribution in [0.15, 0.2) is 0 Å². The van der Waals surface area contributed by atoms with Gasteiger partial charge in [-0.1, -0.05) is 13.8 Å². The molecular weight excluding hydrogens is 208 g/mol. The SMILES string of the molecule is CC(C)CC(=O)N1CCNC(C(=O)O)C1C. The van der Waals surface area contributed by atoms with E-state index in [0.29, 0.717) is 25.4 Å². The molecule has 1 aliphatic rings. The fraction of sp³-hybridized carbons (Fsp3) is 0.818. The van der Waals surface area contributed by atoms with E-state index in [2.05, 4.69) is 5.32 Å². The number of carboxylic acid groups (broad SMARTS) is 1. The van der Waals surface area contributed by atoms with Crippen LogP contribution in [0, 0.1) is 5.92 Å². The Morgan fingerprint density at radius 1 is 1.50 bits per heavy atom. The van der Waals surface area contributed by atoms with Crippen LogP contribution in [-0.2, 0) is 9.59 Å². The summed E-state index contributed by atoms with van der Waals surface area (Å²) in [5, 5.41) is 11.9. The van der Waals surface area contributed by atoms with E-state index in [0.717, 1.165) is 0 Å². The zero-order chi connectivity index (χ0) is 12.3. The third kappa shape index (κ3) is 2.95. The quantitative estimate of drug-likeness (QED) is 0.729. The van der Waals surface area contributed by atoms with Crippen molar-refractivity contribution in [1.82, 2.24) is 10.2 Å². The number of piperazine rings is 1. The van der Waals surface area contributed by atoms with Gasteiger partial charge in [0.1, 0.15) is 6.04 Å². The van der Waals surface area contributed by atoms with Crippen LogP contribution in [0.2, 0.25) is 0 Å². The summed E-state index contributed by atoms with van der Waals surface area (Å²) in [5.41, 5.74) is 0. The number of rotatable bonds is 3. The molecule has 0 aromatic carbocycles. The minimum atomic E-state index is -0.894. The molecule has 0 spiro atoms. The Morgan fingerprint density at radius 2 is 2.12 bits per heavy atom. The molecule has 2 N–H and O–H groups in total. The van der Waals surface area contributed by atoms with Gasteiger partial charge in [0.2, 0.25) is 5.91 Å². The van der Waals surface area contributed by atoms with Gasteiger partial charge in [0.05, 0.1) is 6.04 Å². The summed E-state index contributed by atoms with van der Waals surface area (Å²) in [6, 6.07) is -0.928. The molecule has 1 fully saturated rings. The second kappa shape index (κ2) is 5.30. The van der Waals surface area contributed by atoms with Crippen molar-refractivity contribution in [3.63, 3.8) is 0 Å². The maximum atomic E-state index is 11.9. The summed E-state index contributed by atoms with van der Waals surface area (Å²) >= 11 is 0. The minimum absolute atomic E-state index is 0.0512. The highest BCUT2D eigenvalue weighted by molar-refractivity contribution is 5.80. The predicted molar refractivity (Wildman–Crippen MR) is 60.1 cm³/mol. The van der Waals surface area contributed by atoms with Crippen LogP contribution in [0.4, 0.5) is 0 Å². The molecule has 0 aliphatic carbocycles. The molecule has 1 rings (SSSR count). The maximum Gasteiger partial charge on any atom is 0.322 e. The van der Waals surface area contributed by atoms with Crippen molar-refractivity contribution in [1.29, 1.82) is 0 Å². The van der Waals surface area contributed by atoms with Crippen molar-refractivity contribution in [2.75, 3.05) is 13.1 Å². The molecule has 16 heavy (non-hydrogen) atoms. The molecule has 5 heteroatoms. The van der Waals surface area contributed by atoms with Gasteiger partial charge in [-0.25, -0.2) is 0 Å². The van der Waals surface area contributed by atoms with E-state index in [-0.39, 0.29) is 11.9 Å². The molecule has 1 saturated heterocycles. The summed E-state index contributed by atoms with van der Waals surface area (Å²) in [6.45, 7) is 6.89. The lowest BCUT2D eigenvalue weighted by Gasteiger charge is -2.38. The maximum absolute atomic E-state index is 11.9. The van der Waals surface area contributed by atoms with E-state index < -0.39 is 12.0 Å². The van der Waals surface area contributed by atoms with Gasteiger partial charge in [-0.3, -0.25) is 9.59 Å². The normalized spacial score (nSPS) is 25.9. The second-order valence-corrected chi connectivity index (χ2v) is 4.70. The van der Waals surface area contributed by atoms with Crippen LogP contribution in [0.25, 0.3) is 0 Å². The Bertz CT molecular complexity index is 278. The number of hydrogen-bond donors (Lipinski definition) is 2. The highest BCUT2D eigenvalue weighted by atomic mass is 16.4. The first-order chi connectivity index (χ1) is 7.43. The van der Waals surface area contributed by atoms with Crippen molar-refractivity contribution in [2.24, 2.45) is 5.92 Å². The highest BCUT2D eigenvalue weighted by Crippen LogP contribution is 2.13. The fourth-order valence-corrected chi connectivity index (χ4v) is 2.01. The first-order valence-corrected chi connectivity index (χ1v) is 5.69. The summed E-state index contributed by atoms with van der Waals surface area (Å²) < 4.78 is 0. The molecule has 0 aromatic heterocycles. The number of hydrogen-bond acceptors (Lipinski definition) is 3. The van der Waals surface area contributed by atoms with Gasteiger partial charge in [0.25, 0.3) is 0 Å². The lowest BCUT2D eigenvalue weighted by Crippen LogP contribution is -2.61. The van der Waals surface area contributed by atoms with Crippen LogP contribution in [0.3, 0.4) is 0 Å². The van der Waals surface area contributed by atoms with E-state index in [1.54, 1.807) is 11.8 Å². The van der Waals surface area contributed by atoms with Gasteiger partial charge in [0.15, 0.2) is 0 Å². The monoisotopic (exact) mass is 228 g/mol. The zero-order valence-corrected chi connectivity index (χ0v) is 10.1. The molecule has 0 bridgehead atoms. The van der Waals surface area contributed by atoms with Gasteiger partial charge >= 0.3 is 5.97 Å². The molecule has 0 radical (unpaired) electrons.